The monoisotopic (exact) mass is 293 g/mol. The molecule has 0 spiro atoms. The summed E-state index contributed by atoms with van der Waals surface area (Å²) in [5.41, 5.74) is 0.187. The lowest BCUT2D eigenvalue weighted by molar-refractivity contribution is -0.122. The third-order valence-corrected chi connectivity index (χ3v) is 2.74. The first-order valence-corrected chi connectivity index (χ1v) is 7.24. The van der Waals surface area contributed by atoms with Crippen molar-refractivity contribution in [2.24, 2.45) is 0 Å². The van der Waals surface area contributed by atoms with Crippen LogP contribution in [0.3, 0.4) is 0 Å². The minimum Gasteiger partial charge on any atom is -0.369 e. The van der Waals surface area contributed by atoms with Gasteiger partial charge in [-0.25, -0.2) is 0 Å². The van der Waals surface area contributed by atoms with Gasteiger partial charge in [-0.1, -0.05) is 13.8 Å². The van der Waals surface area contributed by atoms with Crippen molar-refractivity contribution in [3.05, 3.63) is 17.8 Å². The van der Waals surface area contributed by atoms with Crippen molar-refractivity contribution in [3.8, 4) is 0 Å². The zero-order valence-electron chi connectivity index (χ0n) is 12.8. The zero-order valence-corrected chi connectivity index (χ0v) is 12.8. The molecule has 1 atom stereocenters. The molecule has 21 heavy (non-hydrogen) atoms. The van der Waals surface area contributed by atoms with E-state index in [1.807, 2.05) is 13.8 Å². The Morgan fingerprint density at radius 1 is 1.14 bits per heavy atom. The van der Waals surface area contributed by atoms with Crippen LogP contribution in [-0.2, 0) is 4.79 Å². The summed E-state index contributed by atoms with van der Waals surface area (Å²) in [7, 11) is 0. The molecule has 1 unspecified atom stereocenters. The van der Waals surface area contributed by atoms with E-state index >= 15 is 0 Å². The summed E-state index contributed by atoms with van der Waals surface area (Å²) < 4.78 is 0. The zero-order chi connectivity index (χ0) is 15.7. The summed E-state index contributed by atoms with van der Waals surface area (Å²) in [6.07, 6.45) is 1.83. The first-order chi connectivity index (χ1) is 10.1. The molecular weight excluding hydrogens is 270 g/mol. The largest absolute Gasteiger partial charge is 0.369 e. The van der Waals surface area contributed by atoms with E-state index in [1.165, 1.54) is 0 Å². The number of anilines is 1. The van der Waals surface area contributed by atoms with Crippen molar-refractivity contribution in [2.45, 2.75) is 39.7 Å². The molecule has 0 aliphatic rings. The molecule has 1 rings (SSSR count). The van der Waals surface area contributed by atoms with Crippen LogP contribution < -0.4 is 16.0 Å². The molecule has 0 aliphatic heterocycles. The first-order valence-electron chi connectivity index (χ1n) is 7.24. The third kappa shape index (κ3) is 5.76. The van der Waals surface area contributed by atoms with Gasteiger partial charge in [0.2, 0.25) is 5.91 Å². The molecule has 7 nitrogen and oxygen atoms in total. The quantitative estimate of drug-likeness (QED) is 0.663. The topological polar surface area (TPSA) is 96.0 Å². The summed E-state index contributed by atoms with van der Waals surface area (Å²) in [5, 5.41) is 16.2. The van der Waals surface area contributed by atoms with E-state index in [2.05, 4.69) is 26.1 Å². The number of carbonyl (C=O) groups excluding carboxylic acids is 2. The second kappa shape index (κ2) is 8.89. The van der Waals surface area contributed by atoms with E-state index in [0.29, 0.717) is 12.4 Å². The number of amides is 2. The fraction of sp³-hybridized carbons (Fsp3) is 0.571. The Kier molecular flexibility index (Phi) is 7.14. The van der Waals surface area contributed by atoms with Gasteiger partial charge in [-0.2, -0.15) is 0 Å². The Morgan fingerprint density at radius 3 is 2.43 bits per heavy atom. The third-order valence-electron chi connectivity index (χ3n) is 2.74. The molecule has 0 saturated heterocycles. The molecule has 1 aromatic heterocycles. The van der Waals surface area contributed by atoms with Gasteiger partial charge in [0.15, 0.2) is 5.69 Å². The highest BCUT2D eigenvalue weighted by atomic mass is 16.2. The van der Waals surface area contributed by atoms with E-state index in [4.69, 9.17) is 0 Å². The van der Waals surface area contributed by atoms with Crippen LogP contribution in [0.4, 0.5) is 5.82 Å². The Hall–Kier alpha value is -2.18. The van der Waals surface area contributed by atoms with Crippen LogP contribution >= 0.6 is 0 Å². The molecule has 0 aliphatic carbocycles. The van der Waals surface area contributed by atoms with Gasteiger partial charge in [0.1, 0.15) is 11.9 Å². The van der Waals surface area contributed by atoms with E-state index in [1.54, 1.807) is 19.1 Å². The Bertz CT molecular complexity index is 461. The van der Waals surface area contributed by atoms with Crippen LogP contribution in [0.25, 0.3) is 0 Å². The molecule has 0 bridgehead atoms. The number of nitrogens with zero attached hydrogens (tertiary/aromatic N) is 2. The van der Waals surface area contributed by atoms with Crippen molar-refractivity contribution >= 4 is 17.6 Å². The van der Waals surface area contributed by atoms with E-state index in [-0.39, 0.29) is 11.6 Å². The highest BCUT2D eigenvalue weighted by molar-refractivity contribution is 5.95. The Morgan fingerprint density at radius 2 is 1.86 bits per heavy atom. The van der Waals surface area contributed by atoms with Gasteiger partial charge < -0.3 is 16.0 Å². The maximum absolute atomic E-state index is 11.9. The van der Waals surface area contributed by atoms with Crippen molar-refractivity contribution in [1.29, 1.82) is 0 Å². The number of carbonyl (C=O) groups is 2. The van der Waals surface area contributed by atoms with E-state index in [0.717, 1.165) is 19.4 Å². The van der Waals surface area contributed by atoms with Crippen LogP contribution in [0, 0.1) is 0 Å². The molecule has 0 saturated carbocycles. The summed E-state index contributed by atoms with van der Waals surface area (Å²) in [6.45, 7) is 7.04. The number of rotatable bonds is 8. The molecular formula is C14H23N5O2. The minimum atomic E-state index is -0.608. The summed E-state index contributed by atoms with van der Waals surface area (Å²) in [4.78, 5) is 23.6. The molecule has 7 heteroatoms. The summed E-state index contributed by atoms with van der Waals surface area (Å²) in [6, 6.07) is 2.67. The van der Waals surface area contributed by atoms with Crippen LogP contribution in [0.2, 0.25) is 0 Å². The highest BCUT2D eigenvalue weighted by Crippen LogP contribution is 2.02. The molecule has 0 aromatic carbocycles. The van der Waals surface area contributed by atoms with E-state index < -0.39 is 11.9 Å². The summed E-state index contributed by atoms with van der Waals surface area (Å²) >= 11 is 0. The van der Waals surface area contributed by atoms with Gasteiger partial charge >= 0.3 is 0 Å². The first kappa shape index (κ1) is 16.9. The normalized spacial score (nSPS) is 11.6. The lowest BCUT2D eigenvalue weighted by Crippen LogP contribution is -2.45. The van der Waals surface area contributed by atoms with Crippen molar-refractivity contribution in [1.82, 2.24) is 20.8 Å². The Labute approximate surface area is 124 Å². The number of hydrogen-bond acceptors (Lipinski definition) is 5. The standard InChI is InChI=1S/C14H23N5O2/c1-4-8-15-12-7-6-11(18-19-12)14(21)17-10(3)13(20)16-9-5-2/h6-7,10H,4-5,8-9H2,1-3H3,(H,15,19)(H,16,20)(H,17,21). The fourth-order valence-corrected chi connectivity index (χ4v) is 1.54. The SMILES string of the molecule is CCCNC(=O)C(C)NC(=O)c1ccc(NCCC)nn1. The molecule has 3 N–H and O–H groups in total. The second-order valence-electron chi connectivity index (χ2n) is 4.72. The van der Waals surface area contributed by atoms with Crippen LogP contribution in [-0.4, -0.2) is 41.1 Å². The smallest absolute Gasteiger partial charge is 0.272 e. The summed E-state index contributed by atoms with van der Waals surface area (Å²) in [5.74, 6) is 0.00483. The van der Waals surface area contributed by atoms with Crippen LogP contribution in [0.5, 0.6) is 0 Å². The minimum absolute atomic E-state index is 0.187. The molecule has 1 heterocycles. The van der Waals surface area contributed by atoms with E-state index in [9.17, 15) is 9.59 Å². The average molecular weight is 293 g/mol. The van der Waals surface area contributed by atoms with Gasteiger partial charge in [-0.05, 0) is 31.9 Å². The van der Waals surface area contributed by atoms with Gasteiger partial charge in [0.05, 0.1) is 0 Å². The second-order valence-corrected chi connectivity index (χ2v) is 4.72. The van der Waals surface area contributed by atoms with Crippen molar-refractivity contribution in [3.63, 3.8) is 0 Å². The van der Waals surface area contributed by atoms with Crippen LogP contribution in [0.15, 0.2) is 12.1 Å². The lowest BCUT2D eigenvalue weighted by Gasteiger charge is -2.13. The predicted molar refractivity (Wildman–Crippen MR) is 81.0 cm³/mol. The maximum Gasteiger partial charge on any atom is 0.272 e. The molecule has 0 fully saturated rings. The number of hydrogen-bond donors (Lipinski definition) is 3. The maximum atomic E-state index is 11.9. The fourth-order valence-electron chi connectivity index (χ4n) is 1.54. The van der Waals surface area contributed by atoms with Gasteiger partial charge in [0, 0.05) is 13.1 Å². The lowest BCUT2D eigenvalue weighted by atomic mass is 10.2. The predicted octanol–water partition coefficient (Wildman–Crippen LogP) is 0.943. The van der Waals surface area contributed by atoms with Crippen molar-refractivity contribution < 1.29 is 9.59 Å². The average Bonchev–Trinajstić information content (AvgIpc) is 2.50. The molecule has 116 valence electrons. The molecule has 0 radical (unpaired) electrons. The molecule has 2 amide bonds. The highest BCUT2D eigenvalue weighted by Gasteiger charge is 2.17. The number of aromatic nitrogens is 2. The molecule has 1 aromatic rings. The van der Waals surface area contributed by atoms with Gasteiger partial charge in [0.25, 0.3) is 5.91 Å². The van der Waals surface area contributed by atoms with Crippen molar-refractivity contribution in [2.75, 3.05) is 18.4 Å². The van der Waals surface area contributed by atoms with Crippen LogP contribution in [0.1, 0.15) is 44.1 Å². The Balaban J connectivity index is 2.53. The van der Waals surface area contributed by atoms with Gasteiger partial charge in [-0.15, -0.1) is 10.2 Å². The number of nitrogens with one attached hydrogen (secondary N) is 3. The van der Waals surface area contributed by atoms with Gasteiger partial charge in [-0.3, -0.25) is 9.59 Å².